The Bertz CT molecular complexity index is 1160. The summed E-state index contributed by atoms with van der Waals surface area (Å²) in [4.78, 5) is 12.1. The Balaban J connectivity index is 2.20. The summed E-state index contributed by atoms with van der Waals surface area (Å²) in [5.74, 6) is 1.01. The van der Waals surface area contributed by atoms with E-state index in [1.165, 1.54) is 22.3 Å². The van der Waals surface area contributed by atoms with Gasteiger partial charge in [0.2, 0.25) is 0 Å². The van der Waals surface area contributed by atoms with Gasteiger partial charge in [-0.25, -0.2) is 0 Å². The van der Waals surface area contributed by atoms with E-state index in [0.717, 1.165) is 54.2 Å². The van der Waals surface area contributed by atoms with Gasteiger partial charge >= 0.3 is 0 Å². The zero-order valence-electron chi connectivity index (χ0n) is 23.2. The minimum Gasteiger partial charge on any atom is -0.488 e. The van der Waals surface area contributed by atoms with Crippen molar-refractivity contribution in [2.75, 3.05) is 0 Å². The molecule has 0 bridgehead atoms. The van der Waals surface area contributed by atoms with Gasteiger partial charge in [0.25, 0.3) is 0 Å². The first-order valence-electron chi connectivity index (χ1n) is 13.3. The van der Waals surface area contributed by atoms with Gasteiger partial charge in [-0.3, -0.25) is 4.79 Å². The molecule has 0 aliphatic rings. The number of carbonyl (C=O) groups is 1. The predicted octanol–water partition coefficient (Wildman–Crippen LogP) is 8.79. The minimum atomic E-state index is -0.0962. The summed E-state index contributed by atoms with van der Waals surface area (Å²) in [5.41, 5.74) is 6.96. The Morgan fingerprint density at radius 3 is 2.28 bits per heavy atom. The van der Waals surface area contributed by atoms with Crippen LogP contribution in [0.1, 0.15) is 98.5 Å². The third-order valence-corrected chi connectivity index (χ3v) is 9.23. The van der Waals surface area contributed by atoms with Gasteiger partial charge in [0.15, 0.2) is 6.29 Å². The van der Waals surface area contributed by atoms with Crippen LogP contribution in [0.5, 0.6) is 5.75 Å². The number of unbranched alkanes of at least 4 members (excludes halogenated alkanes) is 1. The summed E-state index contributed by atoms with van der Waals surface area (Å²) in [6.45, 7) is 16.2. The number of benzene rings is 3. The SMILES string of the molecule is CCCCC(CC)(Pc1ccc(C)cc1C=O)c1cc(C(C)(C)C)cc(C)c1OCc1ccccc1. The van der Waals surface area contributed by atoms with Crippen molar-refractivity contribution in [3.63, 3.8) is 0 Å². The summed E-state index contributed by atoms with van der Waals surface area (Å²) in [5, 5.41) is 1.06. The van der Waals surface area contributed by atoms with E-state index < -0.39 is 0 Å². The molecule has 0 fully saturated rings. The fourth-order valence-corrected chi connectivity index (χ4v) is 6.59. The lowest BCUT2D eigenvalue weighted by Gasteiger charge is -2.37. The van der Waals surface area contributed by atoms with Gasteiger partial charge in [-0.2, -0.15) is 0 Å². The average Bonchev–Trinajstić information content (AvgIpc) is 2.86. The van der Waals surface area contributed by atoms with E-state index in [1.807, 2.05) is 12.1 Å². The number of hydrogen-bond acceptors (Lipinski definition) is 2. The van der Waals surface area contributed by atoms with Gasteiger partial charge in [0, 0.05) is 16.3 Å². The van der Waals surface area contributed by atoms with Crippen molar-refractivity contribution in [2.24, 2.45) is 0 Å². The number of carbonyl (C=O) groups excluding carboxylic acids is 1. The van der Waals surface area contributed by atoms with Crippen molar-refractivity contribution < 1.29 is 9.53 Å². The highest BCUT2D eigenvalue weighted by Crippen LogP contribution is 2.53. The molecule has 3 rings (SSSR count). The summed E-state index contributed by atoms with van der Waals surface area (Å²) >= 11 is 0. The molecule has 0 heterocycles. The Morgan fingerprint density at radius 1 is 0.944 bits per heavy atom. The van der Waals surface area contributed by atoms with Crippen molar-refractivity contribution >= 4 is 20.2 Å². The molecule has 0 spiro atoms. The molecule has 3 aromatic rings. The molecule has 0 amide bonds. The topological polar surface area (TPSA) is 26.3 Å². The smallest absolute Gasteiger partial charge is 0.150 e. The van der Waals surface area contributed by atoms with Gasteiger partial charge in [-0.05, 0) is 60.2 Å². The molecule has 3 heteroatoms. The van der Waals surface area contributed by atoms with Gasteiger partial charge in [0.05, 0.1) is 0 Å². The number of rotatable bonds is 11. The van der Waals surface area contributed by atoms with Crippen LogP contribution in [0, 0.1) is 13.8 Å². The van der Waals surface area contributed by atoms with E-state index in [2.05, 4.69) is 97.0 Å². The van der Waals surface area contributed by atoms with Crippen LogP contribution in [0.4, 0.5) is 0 Å². The Labute approximate surface area is 220 Å². The predicted molar refractivity (Wildman–Crippen MR) is 157 cm³/mol. The molecule has 3 aromatic carbocycles. The second kappa shape index (κ2) is 12.2. The summed E-state index contributed by atoms with van der Waals surface area (Å²) < 4.78 is 6.66. The Kier molecular flexibility index (Phi) is 9.53. The average molecular weight is 503 g/mol. The minimum absolute atomic E-state index is 0.0304. The largest absolute Gasteiger partial charge is 0.488 e. The highest BCUT2D eigenvalue weighted by atomic mass is 31.1. The van der Waals surface area contributed by atoms with Crippen molar-refractivity contribution in [1.29, 1.82) is 0 Å². The van der Waals surface area contributed by atoms with E-state index in [4.69, 9.17) is 4.74 Å². The molecular weight excluding hydrogens is 459 g/mol. The van der Waals surface area contributed by atoms with Crippen molar-refractivity contribution in [3.05, 3.63) is 94.0 Å². The molecular formula is C33H43O2P. The molecule has 36 heavy (non-hydrogen) atoms. The molecule has 0 radical (unpaired) electrons. The first-order chi connectivity index (χ1) is 17.1. The fourth-order valence-electron chi connectivity index (χ4n) is 4.83. The molecule has 2 nitrogen and oxygen atoms in total. The number of hydrogen-bond donors (Lipinski definition) is 0. The van der Waals surface area contributed by atoms with E-state index in [0.29, 0.717) is 15.2 Å². The Hall–Kier alpha value is -2.44. The second-order valence-corrected chi connectivity index (χ2v) is 12.8. The molecule has 2 atom stereocenters. The maximum Gasteiger partial charge on any atom is 0.150 e. The zero-order chi connectivity index (χ0) is 26.3. The zero-order valence-corrected chi connectivity index (χ0v) is 24.2. The van der Waals surface area contributed by atoms with Crippen LogP contribution in [0.2, 0.25) is 0 Å². The third-order valence-electron chi connectivity index (χ3n) is 7.15. The molecule has 0 aromatic heterocycles. The van der Waals surface area contributed by atoms with Crippen LogP contribution < -0.4 is 10.0 Å². The maximum atomic E-state index is 12.1. The lowest BCUT2D eigenvalue weighted by atomic mass is 9.80. The van der Waals surface area contributed by atoms with Crippen molar-refractivity contribution in [1.82, 2.24) is 0 Å². The first kappa shape index (κ1) is 28.1. The quantitative estimate of drug-likeness (QED) is 0.193. The monoisotopic (exact) mass is 502 g/mol. The van der Waals surface area contributed by atoms with Crippen LogP contribution in [0.3, 0.4) is 0 Å². The lowest BCUT2D eigenvalue weighted by Crippen LogP contribution is -2.26. The number of aldehydes is 1. The van der Waals surface area contributed by atoms with Crippen LogP contribution in [0.15, 0.2) is 60.7 Å². The van der Waals surface area contributed by atoms with E-state index >= 15 is 0 Å². The van der Waals surface area contributed by atoms with Gasteiger partial charge < -0.3 is 4.74 Å². The number of ether oxygens (including phenoxy) is 1. The van der Waals surface area contributed by atoms with E-state index in [9.17, 15) is 4.79 Å². The molecule has 2 unspecified atom stereocenters. The van der Waals surface area contributed by atoms with Crippen LogP contribution in [0.25, 0.3) is 0 Å². The molecule has 0 saturated carbocycles. The highest BCUT2D eigenvalue weighted by molar-refractivity contribution is 7.48. The van der Waals surface area contributed by atoms with Crippen LogP contribution in [-0.2, 0) is 17.2 Å². The van der Waals surface area contributed by atoms with E-state index in [-0.39, 0.29) is 10.6 Å². The van der Waals surface area contributed by atoms with Gasteiger partial charge in [0.1, 0.15) is 12.4 Å². The maximum absolute atomic E-state index is 12.1. The van der Waals surface area contributed by atoms with Gasteiger partial charge in [-0.1, -0.05) is 116 Å². The summed E-state index contributed by atoms with van der Waals surface area (Å²) in [7, 11) is 0.487. The van der Waals surface area contributed by atoms with Gasteiger partial charge in [-0.15, -0.1) is 0 Å². The molecule has 0 saturated heterocycles. The molecule has 192 valence electrons. The summed E-state index contributed by atoms with van der Waals surface area (Å²) in [6.07, 6.45) is 5.36. The standard InChI is InChI=1S/C33H43O2P/c1-8-10-18-33(9-2,36-30-17-16-24(3)19-27(30)22-34)29-21-28(32(5,6)7)20-25(4)31(29)35-23-26-14-12-11-13-15-26/h11-17,19-22,36H,8-10,18,23H2,1-7H3. The third kappa shape index (κ3) is 6.65. The molecule has 0 aliphatic carbocycles. The molecule has 0 N–H and O–H groups in total. The summed E-state index contributed by atoms with van der Waals surface area (Å²) in [6, 6.07) is 21.4. The van der Waals surface area contributed by atoms with Crippen molar-refractivity contribution in [3.8, 4) is 5.75 Å². The van der Waals surface area contributed by atoms with Crippen molar-refractivity contribution in [2.45, 2.75) is 91.3 Å². The highest BCUT2D eigenvalue weighted by Gasteiger charge is 2.36. The molecule has 0 aliphatic heterocycles. The lowest BCUT2D eigenvalue weighted by molar-refractivity contribution is 0.112. The fraction of sp³-hybridized carbons (Fsp3) is 0.424. The van der Waals surface area contributed by atoms with Crippen LogP contribution >= 0.6 is 8.58 Å². The normalized spacial score (nSPS) is 13.6. The Morgan fingerprint density at radius 2 is 1.67 bits per heavy atom. The number of aryl methyl sites for hydroxylation is 2. The second-order valence-electron chi connectivity index (χ2n) is 11.1. The van der Waals surface area contributed by atoms with E-state index in [1.54, 1.807) is 0 Å². The van der Waals surface area contributed by atoms with Crippen LogP contribution in [-0.4, -0.2) is 6.29 Å². The first-order valence-corrected chi connectivity index (χ1v) is 14.3.